The molecule has 2 heteroatoms. The van der Waals surface area contributed by atoms with Crippen LogP contribution in [0.25, 0.3) is 0 Å². The highest BCUT2D eigenvalue weighted by atomic mass is 16.3. The predicted octanol–water partition coefficient (Wildman–Crippen LogP) is 5.95. The van der Waals surface area contributed by atoms with Crippen molar-refractivity contribution in [1.82, 2.24) is 0 Å². The smallest absolute Gasteiger partial charge is 0.166 e. The number of benzene rings is 1. The van der Waals surface area contributed by atoms with E-state index in [2.05, 4.69) is 33.4 Å². The summed E-state index contributed by atoms with van der Waals surface area (Å²) in [6, 6.07) is 4.05. The highest BCUT2D eigenvalue weighted by Gasteiger charge is 2.29. The van der Waals surface area contributed by atoms with E-state index in [9.17, 15) is 9.90 Å². The van der Waals surface area contributed by atoms with Gasteiger partial charge in [0.25, 0.3) is 0 Å². The molecule has 0 bridgehead atoms. The van der Waals surface area contributed by atoms with Crippen LogP contribution in [0.2, 0.25) is 0 Å². The van der Waals surface area contributed by atoms with Gasteiger partial charge >= 0.3 is 0 Å². The van der Waals surface area contributed by atoms with Crippen LogP contribution in [0.1, 0.15) is 80.8 Å². The SMILES string of the molecule is C=C(C)C1CCC(C)=C[C@H]1c1ccc(CCC)c(C(=O)CC)c1O. The fraction of sp³-hybridized carbons (Fsp3) is 0.500. The van der Waals surface area contributed by atoms with Gasteiger partial charge in [-0.05, 0) is 44.6 Å². The highest BCUT2D eigenvalue weighted by molar-refractivity contribution is 6.00. The van der Waals surface area contributed by atoms with Crippen LogP contribution in [0.3, 0.4) is 0 Å². The number of rotatable bonds is 6. The zero-order chi connectivity index (χ0) is 17.9. The molecule has 0 aliphatic heterocycles. The van der Waals surface area contributed by atoms with Crippen molar-refractivity contribution in [2.45, 2.75) is 65.7 Å². The Morgan fingerprint density at radius 1 is 1.33 bits per heavy atom. The van der Waals surface area contributed by atoms with Crippen molar-refractivity contribution < 1.29 is 9.90 Å². The molecule has 1 aromatic rings. The molecule has 0 saturated heterocycles. The van der Waals surface area contributed by atoms with E-state index in [1.165, 1.54) is 5.57 Å². The van der Waals surface area contributed by atoms with Crippen molar-refractivity contribution in [3.63, 3.8) is 0 Å². The molecular weight excluding hydrogens is 296 g/mol. The van der Waals surface area contributed by atoms with Gasteiger partial charge in [0, 0.05) is 17.9 Å². The molecule has 2 nitrogen and oxygen atoms in total. The molecule has 0 saturated carbocycles. The number of phenolic OH excluding ortho intramolecular Hbond substituents is 1. The molecule has 1 N–H and O–H groups in total. The fourth-order valence-corrected chi connectivity index (χ4v) is 3.81. The Balaban J connectivity index is 2.59. The van der Waals surface area contributed by atoms with Gasteiger partial charge in [0.1, 0.15) is 5.75 Å². The van der Waals surface area contributed by atoms with Gasteiger partial charge in [0.15, 0.2) is 5.78 Å². The van der Waals surface area contributed by atoms with Gasteiger partial charge in [0.2, 0.25) is 0 Å². The van der Waals surface area contributed by atoms with Gasteiger partial charge in [-0.1, -0.05) is 56.2 Å². The third-order valence-electron chi connectivity index (χ3n) is 5.15. The van der Waals surface area contributed by atoms with Crippen LogP contribution >= 0.6 is 0 Å². The third kappa shape index (κ3) is 3.63. The minimum atomic E-state index is 0.0289. The molecular formula is C22H30O2. The third-order valence-corrected chi connectivity index (χ3v) is 5.15. The molecule has 0 radical (unpaired) electrons. The maximum absolute atomic E-state index is 12.5. The molecule has 0 heterocycles. The lowest BCUT2D eigenvalue weighted by Gasteiger charge is -2.31. The van der Waals surface area contributed by atoms with E-state index in [0.717, 1.165) is 42.4 Å². The van der Waals surface area contributed by atoms with E-state index in [0.29, 0.717) is 17.9 Å². The highest BCUT2D eigenvalue weighted by Crippen LogP contribution is 2.44. The maximum Gasteiger partial charge on any atom is 0.166 e. The first-order valence-electron chi connectivity index (χ1n) is 9.11. The number of Topliss-reactive ketones (excluding diaryl/α,β-unsaturated/α-hetero) is 1. The quantitative estimate of drug-likeness (QED) is 0.518. The van der Waals surface area contributed by atoms with Crippen molar-refractivity contribution in [1.29, 1.82) is 0 Å². The summed E-state index contributed by atoms with van der Waals surface area (Å²) in [5.41, 5.74) is 4.86. The zero-order valence-corrected chi connectivity index (χ0v) is 15.5. The van der Waals surface area contributed by atoms with Crippen LogP contribution in [-0.4, -0.2) is 10.9 Å². The van der Waals surface area contributed by atoms with E-state index < -0.39 is 0 Å². The predicted molar refractivity (Wildman–Crippen MR) is 101 cm³/mol. The first kappa shape index (κ1) is 18.5. The molecule has 1 aliphatic carbocycles. The summed E-state index contributed by atoms with van der Waals surface area (Å²) in [6.07, 6.45) is 6.56. The molecule has 0 amide bonds. The standard InChI is InChI=1S/C22H30O2/c1-6-8-16-10-12-18(22(24)21(16)20(23)7-2)19-13-15(5)9-11-17(19)14(3)4/h10,12-13,17,19,24H,3,6-9,11H2,1-2,4-5H3/t17?,19-/m1/s1. The van der Waals surface area contributed by atoms with Gasteiger partial charge in [-0.3, -0.25) is 4.79 Å². The molecule has 0 fully saturated rings. The molecule has 2 atom stereocenters. The average Bonchev–Trinajstić information content (AvgIpc) is 2.54. The molecule has 1 aliphatic rings. The number of aryl methyl sites for hydroxylation is 1. The lowest BCUT2D eigenvalue weighted by Crippen LogP contribution is -2.18. The van der Waals surface area contributed by atoms with E-state index in [4.69, 9.17) is 0 Å². The number of phenols is 1. The van der Waals surface area contributed by atoms with Gasteiger partial charge in [-0.2, -0.15) is 0 Å². The second kappa shape index (κ2) is 7.83. The van der Waals surface area contributed by atoms with E-state index in [1.807, 2.05) is 19.1 Å². The summed E-state index contributed by atoms with van der Waals surface area (Å²) >= 11 is 0. The Morgan fingerprint density at radius 2 is 2.04 bits per heavy atom. The van der Waals surface area contributed by atoms with Gasteiger partial charge in [-0.25, -0.2) is 0 Å². The number of hydrogen-bond donors (Lipinski definition) is 1. The van der Waals surface area contributed by atoms with Crippen LogP contribution in [0.15, 0.2) is 35.9 Å². The summed E-state index contributed by atoms with van der Waals surface area (Å²) in [4.78, 5) is 12.5. The molecule has 130 valence electrons. The number of carbonyl (C=O) groups is 1. The average molecular weight is 326 g/mol. The number of hydrogen-bond acceptors (Lipinski definition) is 2. The molecule has 24 heavy (non-hydrogen) atoms. The normalized spacial score (nSPS) is 20.6. The largest absolute Gasteiger partial charge is 0.507 e. The van der Waals surface area contributed by atoms with E-state index in [1.54, 1.807) is 0 Å². The topological polar surface area (TPSA) is 37.3 Å². The first-order chi connectivity index (χ1) is 11.4. The van der Waals surface area contributed by atoms with Gasteiger partial charge in [0.05, 0.1) is 5.56 Å². The van der Waals surface area contributed by atoms with Crippen LogP contribution in [-0.2, 0) is 6.42 Å². The summed E-state index contributed by atoms with van der Waals surface area (Å²) in [7, 11) is 0. The van der Waals surface area contributed by atoms with Crippen LogP contribution in [0, 0.1) is 5.92 Å². The molecule has 0 spiro atoms. The van der Waals surface area contributed by atoms with Crippen LogP contribution < -0.4 is 0 Å². The molecule has 2 rings (SSSR count). The van der Waals surface area contributed by atoms with Crippen LogP contribution in [0.5, 0.6) is 5.75 Å². The lowest BCUT2D eigenvalue weighted by molar-refractivity contribution is 0.0984. The van der Waals surface area contributed by atoms with Gasteiger partial charge in [-0.15, -0.1) is 0 Å². The number of ketones is 1. The first-order valence-corrected chi connectivity index (χ1v) is 9.11. The van der Waals surface area contributed by atoms with E-state index in [-0.39, 0.29) is 17.5 Å². The number of aromatic hydroxyl groups is 1. The Kier molecular flexibility index (Phi) is 6.04. The monoisotopic (exact) mass is 326 g/mol. The van der Waals surface area contributed by atoms with Crippen molar-refractivity contribution in [3.8, 4) is 5.75 Å². The Labute approximate surface area is 146 Å². The second-order valence-corrected chi connectivity index (χ2v) is 7.09. The van der Waals surface area contributed by atoms with Gasteiger partial charge < -0.3 is 5.11 Å². The number of carbonyl (C=O) groups excluding carboxylic acids is 1. The molecule has 0 aromatic heterocycles. The summed E-state index contributed by atoms with van der Waals surface area (Å²) in [5.74, 6) is 0.646. The van der Waals surface area contributed by atoms with E-state index >= 15 is 0 Å². The minimum Gasteiger partial charge on any atom is -0.507 e. The Bertz CT molecular complexity index is 667. The van der Waals surface area contributed by atoms with Crippen molar-refractivity contribution in [2.75, 3.05) is 0 Å². The van der Waals surface area contributed by atoms with Crippen molar-refractivity contribution >= 4 is 5.78 Å². The Morgan fingerprint density at radius 3 is 2.62 bits per heavy atom. The summed E-state index contributed by atoms with van der Waals surface area (Å²) in [6.45, 7) is 12.3. The number of allylic oxidation sites excluding steroid dienone is 3. The summed E-state index contributed by atoms with van der Waals surface area (Å²) < 4.78 is 0. The van der Waals surface area contributed by atoms with Crippen molar-refractivity contribution in [3.05, 3.63) is 52.6 Å². The lowest BCUT2D eigenvalue weighted by atomic mass is 9.73. The van der Waals surface area contributed by atoms with Crippen molar-refractivity contribution in [2.24, 2.45) is 5.92 Å². The summed E-state index contributed by atoms with van der Waals surface area (Å²) in [5, 5.41) is 11.0. The maximum atomic E-state index is 12.5. The zero-order valence-electron chi connectivity index (χ0n) is 15.5. The van der Waals surface area contributed by atoms with Crippen LogP contribution in [0.4, 0.5) is 0 Å². The fourth-order valence-electron chi connectivity index (χ4n) is 3.81. The second-order valence-electron chi connectivity index (χ2n) is 7.09. The molecule has 1 unspecified atom stereocenters. The molecule has 1 aromatic carbocycles. The Hall–Kier alpha value is -1.83. The minimum absolute atomic E-state index is 0.0289.